The minimum Gasteiger partial charge on any atom is -0.375 e. The summed E-state index contributed by atoms with van der Waals surface area (Å²) in [7, 11) is 1.90. The third-order valence-electron chi connectivity index (χ3n) is 5.19. The first kappa shape index (κ1) is 15.8. The number of nitrogens with one attached hydrogen (secondary N) is 1. The number of rotatable bonds is 6. The first-order valence-corrected chi connectivity index (χ1v) is 8.20. The quantitative estimate of drug-likeness (QED) is 0.810. The van der Waals surface area contributed by atoms with Gasteiger partial charge in [0, 0.05) is 12.6 Å². The molecule has 0 bridgehead atoms. The second-order valence-electron chi connectivity index (χ2n) is 6.20. The molecule has 0 aromatic carbocycles. The molecule has 1 saturated heterocycles. The number of ether oxygens (including phenoxy) is 1. The first-order chi connectivity index (χ1) is 9.74. The van der Waals surface area contributed by atoms with Crippen molar-refractivity contribution in [3.8, 4) is 6.07 Å². The Kier molecular flexibility index (Phi) is 5.83. The topological polar surface area (TPSA) is 48.3 Å². The van der Waals surface area contributed by atoms with Gasteiger partial charge in [0.2, 0.25) is 0 Å². The second kappa shape index (κ2) is 7.40. The predicted molar refractivity (Wildman–Crippen MR) is 80.5 cm³/mol. The van der Waals surface area contributed by atoms with Crippen LogP contribution in [-0.2, 0) is 4.74 Å². The van der Waals surface area contributed by atoms with Crippen molar-refractivity contribution < 1.29 is 4.74 Å². The lowest BCUT2D eigenvalue weighted by Gasteiger charge is -2.44. The van der Waals surface area contributed by atoms with E-state index in [1.807, 2.05) is 7.05 Å². The lowest BCUT2D eigenvalue weighted by molar-refractivity contribution is -0.0884. The molecule has 0 amide bonds. The molecular formula is C16H29N3O. The average molecular weight is 279 g/mol. The summed E-state index contributed by atoms with van der Waals surface area (Å²) in [4.78, 5) is 2.61. The molecule has 2 fully saturated rings. The van der Waals surface area contributed by atoms with Crippen LogP contribution in [-0.4, -0.2) is 49.3 Å². The molecule has 3 unspecified atom stereocenters. The fraction of sp³-hybridized carbons (Fsp3) is 0.938. The maximum atomic E-state index is 9.35. The van der Waals surface area contributed by atoms with E-state index in [0.29, 0.717) is 12.1 Å². The molecule has 0 spiro atoms. The van der Waals surface area contributed by atoms with Crippen molar-refractivity contribution >= 4 is 0 Å². The second-order valence-corrected chi connectivity index (χ2v) is 6.20. The van der Waals surface area contributed by atoms with Gasteiger partial charge in [-0.15, -0.1) is 0 Å². The van der Waals surface area contributed by atoms with E-state index < -0.39 is 0 Å². The maximum absolute atomic E-state index is 9.35. The Labute approximate surface area is 123 Å². The third kappa shape index (κ3) is 3.52. The summed E-state index contributed by atoms with van der Waals surface area (Å²) < 4.78 is 5.92. The van der Waals surface area contributed by atoms with Crippen LogP contribution in [0.5, 0.6) is 0 Å². The van der Waals surface area contributed by atoms with Crippen LogP contribution in [0.15, 0.2) is 0 Å². The smallest absolute Gasteiger partial charge is 0.106 e. The molecule has 1 aliphatic heterocycles. The van der Waals surface area contributed by atoms with E-state index in [0.717, 1.165) is 39.0 Å². The van der Waals surface area contributed by atoms with Gasteiger partial charge in [-0.3, -0.25) is 4.90 Å². The summed E-state index contributed by atoms with van der Waals surface area (Å²) in [5.41, 5.74) is -0.335. The van der Waals surface area contributed by atoms with Crippen LogP contribution in [0.2, 0.25) is 0 Å². The summed E-state index contributed by atoms with van der Waals surface area (Å²) in [6.07, 6.45) is 8.54. The molecule has 0 aromatic rings. The lowest BCUT2D eigenvalue weighted by Crippen LogP contribution is -2.53. The van der Waals surface area contributed by atoms with E-state index in [2.05, 4.69) is 23.2 Å². The highest BCUT2D eigenvalue weighted by molar-refractivity contribution is 5.05. The van der Waals surface area contributed by atoms with Gasteiger partial charge in [-0.2, -0.15) is 5.26 Å². The van der Waals surface area contributed by atoms with E-state index in [1.165, 1.54) is 25.7 Å². The van der Waals surface area contributed by atoms with Crippen molar-refractivity contribution in [2.24, 2.45) is 0 Å². The van der Waals surface area contributed by atoms with Gasteiger partial charge in [0.25, 0.3) is 0 Å². The van der Waals surface area contributed by atoms with Gasteiger partial charge in [0.05, 0.1) is 18.8 Å². The zero-order valence-corrected chi connectivity index (χ0v) is 13.0. The minimum absolute atomic E-state index is 0.335. The molecule has 20 heavy (non-hydrogen) atoms. The molecule has 114 valence electrons. The molecule has 1 aliphatic carbocycles. The van der Waals surface area contributed by atoms with Gasteiger partial charge in [-0.25, -0.2) is 0 Å². The highest BCUT2D eigenvalue weighted by Crippen LogP contribution is 2.29. The Morgan fingerprint density at radius 3 is 2.90 bits per heavy atom. The van der Waals surface area contributed by atoms with Crippen molar-refractivity contribution in [3.63, 3.8) is 0 Å². The SMILES string of the molecule is CCC(C#N)(CCCN1CCOC2CCCCC21)NC. The Morgan fingerprint density at radius 2 is 2.20 bits per heavy atom. The summed E-state index contributed by atoms with van der Waals surface area (Å²) in [6, 6.07) is 3.08. The predicted octanol–water partition coefficient (Wildman–Crippen LogP) is 2.30. The summed E-state index contributed by atoms with van der Waals surface area (Å²) in [5, 5.41) is 12.6. The third-order valence-corrected chi connectivity index (χ3v) is 5.19. The van der Waals surface area contributed by atoms with E-state index in [1.54, 1.807) is 0 Å². The average Bonchev–Trinajstić information content (AvgIpc) is 2.52. The maximum Gasteiger partial charge on any atom is 0.106 e. The Morgan fingerprint density at radius 1 is 1.40 bits per heavy atom. The molecular weight excluding hydrogens is 250 g/mol. The van der Waals surface area contributed by atoms with E-state index in [4.69, 9.17) is 4.74 Å². The molecule has 1 saturated carbocycles. The number of hydrogen-bond acceptors (Lipinski definition) is 4. The van der Waals surface area contributed by atoms with Crippen molar-refractivity contribution in [2.75, 3.05) is 26.7 Å². The molecule has 1 N–H and O–H groups in total. The molecule has 4 nitrogen and oxygen atoms in total. The van der Waals surface area contributed by atoms with Crippen LogP contribution >= 0.6 is 0 Å². The van der Waals surface area contributed by atoms with E-state index in [-0.39, 0.29) is 5.54 Å². The van der Waals surface area contributed by atoms with Gasteiger partial charge in [-0.05, 0) is 45.7 Å². The number of nitriles is 1. The molecule has 2 aliphatic rings. The van der Waals surface area contributed by atoms with Crippen molar-refractivity contribution in [2.45, 2.75) is 69.6 Å². The normalized spacial score (nSPS) is 30.2. The van der Waals surface area contributed by atoms with Crippen LogP contribution in [0.1, 0.15) is 51.9 Å². The van der Waals surface area contributed by atoms with Gasteiger partial charge in [0.1, 0.15) is 5.54 Å². The standard InChI is InChI=1S/C16H29N3O/c1-3-16(13-17,18-2)9-6-10-19-11-12-20-15-8-5-4-7-14(15)19/h14-15,18H,3-12H2,1-2H3. The molecule has 3 atom stereocenters. The van der Waals surface area contributed by atoms with Crippen LogP contribution in [0.25, 0.3) is 0 Å². The molecule has 4 heteroatoms. The Balaban J connectivity index is 1.82. The van der Waals surface area contributed by atoms with Crippen molar-refractivity contribution in [1.82, 2.24) is 10.2 Å². The Hall–Kier alpha value is -0.630. The fourth-order valence-electron chi connectivity index (χ4n) is 3.71. The van der Waals surface area contributed by atoms with Crippen LogP contribution in [0.3, 0.4) is 0 Å². The number of morpholine rings is 1. The first-order valence-electron chi connectivity index (χ1n) is 8.20. The summed E-state index contributed by atoms with van der Waals surface area (Å²) >= 11 is 0. The van der Waals surface area contributed by atoms with Crippen molar-refractivity contribution in [1.29, 1.82) is 5.26 Å². The van der Waals surface area contributed by atoms with E-state index in [9.17, 15) is 5.26 Å². The molecule has 0 radical (unpaired) electrons. The molecule has 1 heterocycles. The summed E-state index contributed by atoms with van der Waals surface area (Å²) in [5.74, 6) is 0. The lowest BCUT2D eigenvalue weighted by atomic mass is 9.89. The molecule has 0 aromatic heterocycles. The molecule has 2 rings (SSSR count). The van der Waals surface area contributed by atoms with Gasteiger partial charge in [-0.1, -0.05) is 19.8 Å². The number of hydrogen-bond donors (Lipinski definition) is 1. The van der Waals surface area contributed by atoms with Crippen molar-refractivity contribution in [3.05, 3.63) is 0 Å². The Bertz CT molecular complexity index is 333. The number of fused-ring (bicyclic) bond motifs is 1. The highest BCUT2D eigenvalue weighted by Gasteiger charge is 2.34. The van der Waals surface area contributed by atoms with Crippen LogP contribution < -0.4 is 5.32 Å². The monoisotopic (exact) mass is 279 g/mol. The zero-order valence-electron chi connectivity index (χ0n) is 13.0. The minimum atomic E-state index is -0.335. The largest absolute Gasteiger partial charge is 0.375 e. The van der Waals surface area contributed by atoms with E-state index >= 15 is 0 Å². The van der Waals surface area contributed by atoms with Crippen LogP contribution in [0, 0.1) is 11.3 Å². The zero-order chi connectivity index (χ0) is 14.4. The van der Waals surface area contributed by atoms with Gasteiger partial charge >= 0.3 is 0 Å². The number of nitrogens with zero attached hydrogens (tertiary/aromatic N) is 2. The fourth-order valence-corrected chi connectivity index (χ4v) is 3.71. The van der Waals surface area contributed by atoms with Crippen LogP contribution in [0.4, 0.5) is 0 Å². The summed E-state index contributed by atoms with van der Waals surface area (Å²) in [6.45, 7) is 5.14. The van der Waals surface area contributed by atoms with Gasteiger partial charge < -0.3 is 10.1 Å². The highest BCUT2D eigenvalue weighted by atomic mass is 16.5. The van der Waals surface area contributed by atoms with Gasteiger partial charge in [0.15, 0.2) is 0 Å².